The minimum absolute atomic E-state index is 0.155. The molecule has 2 aliphatic rings. The first-order valence-electron chi connectivity index (χ1n) is 9.69. The van der Waals surface area contributed by atoms with Gasteiger partial charge >= 0.3 is 0 Å². The van der Waals surface area contributed by atoms with Crippen LogP contribution in [0.2, 0.25) is 0 Å². The normalized spacial score (nSPS) is 25.0. The van der Waals surface area contributed by atoms with Gasteiger partial charge in [0.05, 0.1) is 24.4 Å². The van der Waals surface area contributed by atoms with Crippen molar-refractivity contribution in [3.63, 3.8) is 0 Å². The summed E-state index contributed by atoms with van der Waals surface area (Å²) in [6, 6.07) is 0.339. The first-order valence-corrected chi connectivity index (χ1v) is 9.69. The van der Waals surface area contributed by atoms with Crippen LogP contribution in [0.4, 0.5) is 0 Å². The highest BCUT2D eigenvalue weighted by molar-refractivity contribution is 5.93. The van der Waals surface area contributed by atoms with Crippen molar-refractivity contribution in [2.75, 3.05) is 26.2 Å². The van der Waals surface area contributed by atoms with Gasteiger partial charge in [0.1, 0.15) is 0 Å². The molecule has 3 rings (SSSR count). The number of hydrogen-bond donors (Lipinski definition) is 2. The van der Waals surface area contributed by atoms with Crippen molar-refractivity contribution in [2.24, 2.45) is 5.92 Å². The summed E-state index contributed by atoms with van der Waals surface area (Å²) in [4.78, 5) is 12.4. The maximum Gasteiger partial charge on any atom is 0.273 e. The maximum atomic E-state index is 12.4. The molecule has 0 radical (unpaired) electrons. The Morgan fingerprint density at radius 1 is 1.28 bits per heavy atom. The molecule has 0 aromatic carbocycles. The van der Waals surface area contributed by atoms with E-state index in [2.05, 4.69) is 27.9 Å². The minimum atomic E-state index is -0.155. The van der Waals surface area contributed by atoms with E-state index < -0.39 is 0 Å². The third-order valence-corrected chi connectivity index (χ3v) is 5.55. The van der Waals surface area contributed by atoms with E-state index >= 15 is 0 Å². The van der Waals surface area contributed by atoms with E-state index in [-0.39, 0.29) is 5.91 Å². The van der Waals surface area contributed by atoms with E-state index in [1.165, 1.54) is 19.3 Å². The molecule has 1 aliphatic carbocycles. The second-order valence-electron chi connectivity index (χ2n) is 7.38. The Morgan fingerprint density at radius 3 is 2.80 bits per heavy atom. The van der Waals surface area contributed by atoms with E-state index in [1.54, 1.807) is 0 Å². The van der Waals surface area contributed by atoms with Crippen LogP contribution in [-0.4, -0.2) is 53.2 Å². The average Bonchev–Trinajstić information content (AvgIpc) is 3.02. The molecule has 1 saturated carbocycles. The van der Waals surface area contributed by atoms with Crippen LogP contribution >= 0.6 is 0 Å². The molecule has 7 heteroatoms. The van der Waals surface area contributed by atoms with Gasteiger partial charge < -0.3 is 15.4 Å². The van der Waals surface area contributed by atoms with Crippen LogP contribution in [0.3, 0.4) is 0 Å². The first-order chi connectivity index (χ1) is 12.2. The van der Waals surface area contributed by atoms with Gasteiger partial charge in [0.2, 0.25) is 0 Å². The van der Waals surface area contributed by atoms with Gasteiger partial charge in [-0.25, -0.2) is 4.68 Å². The van der Waals surface area contributed by atoms with E-state index in [9.17, 15) is 4.79 Å². The summed E-state index contributed by atoms with van der Waals surface area (Å²) in [5, 5.41) is 14.6. The van der Waals surface area contributed by atoms with Gasteiger partial charge in [-0.1, -0.05) is 25.0 Å². The molecule has 1 aliphatic heterocycles. The summed E-state index contributed by atoms with van der Waals surface area (Å²) in [5.74, 6) is 0.467. The number of hydrogen-bond acceptors (Lipinski definition) is 5. The van der Waals surface area contributed by atoms with Crippen molar-refractivity contribution in [3.8, 4) is 0 Å². The monoisotopic (exact) mass is 349 g/mol. The number of rotatable bonds is 6. The largest absolute Gasteiger partial charge is 0.376 e. The van der Waals surface area contributed by atoms with Crippen molar-refractivity contribution in [1.82, 2.24) is 25.6 Å². The van der Waals surface area contributed by atoms with Crippen LogP contribution in [0.25, 0.3) is 0 Å². The SMILES string of the molecule is Cc1c(C(=O)NCCO[C@H]2CCCC[C@H]2C)nnn1C1CCNCC1. The molecule has 1 saturated heterocycles. The quantitative estimate of drug-likeness (QED) is 0.766. The molecule has 2 atom stereocenters. The van der Waals surface area contributed by atoms with Crippen molar-refractivity contribution < 1.29 is 9.53 Å². The maximum absolute atomic E-state index is 12.4. The summed E-state index contributed by atoms with van der Waals surface area (Å²) >= 11 is 0. The van der Waals surface area contributed by atoms with Gasteiger partial charge in [-0.15, -0.1) is 5.10 Å². The second-order valence-corrected chi connectivity index (χ2v) is 7.38. The highest BCUT2D eigenvalue weighted by atomic mass is 16.5. The fourth-order valence-electron chi connectivity index (χ4n) is 3.94. The molecule has 0 unspecified atom stereocenters. The van der Waals surface area contributed by atoms with E-state index in [1.807, 2.05) is 11.6 Å². The molecule has 1 aromatic heterocycles. The summed E-state index contributed by atoms with van der Waals surface area (Å²) in [5.41, 5.74) is 1.29. The number of aromatic nitrogens is 3. The summed E-state index contributed by atoms with van der Waals surface area (Å²) in [7, 11) is 0. The van der Waals surface area contributed by atoms with Gasteiger partial charge in [-0.3, -0.25) is 4.79 Å². The number of nitrogens with one attached hydrogen (secondary N) is 2. The van der Waals surface area contributed by atoms with E-state index in [4.69, 9.17) is 4.74 Å². The molecule has 25 heavy (non-hydrogen) atoms. The smallest absolute Gasteiger partial charge is 0.273 e. The zero-order chi connectivity index (χ0) is 17.6. The third-order valence-electron chi connectivity index (χ3n) is 5.55. The van der Waals surface area contributed by atoms with Crippen molar-refractivity contribution in [3.05, 3.63) is 11.4 Å². The average molecular weight is 349 g/mol. The van der Waals surface area contributed by atoms with E-state index in [0.717, 1.165) is 38.0 Å². The minimum Gasteiger partial charge on any atom is -0.376 e. The number of amides is 1. The lowest BCUT2D eigenvalue weighted by Gasteiger charge is -2.28. The van der Waals surface area contributed by atoms with Crippen molar-refractivity contribution in [2.45, 2.75) is 64.5 Å². The molecular formula is C18H31N5O2. The van der Waals surface area contributed by atoms with Gasteiger partial charge in [-0.05, 0) is 51.6 Å². The fourth-order valence-corrected chi connectivity index (χ4v) is 3.94. The Balaban J connectivity index is 1.46. The number of carbonyl (C=O) groups excluding carboxylic acids is 1. The standard InChI is InChI=1S/C18H31N5O2/c1-13-5-3-4-6-16(13)25-12-11-20-18(24)17-14(2)23(22-21-17)15-7-9-19-10-8-15/h13,15-16,19H,3-12H2,1-2H3,(H,20,24)/t13-,16+/m1/s1. The van der Waals surface area contributed by atoms with Gasteiger partial charge in [-0.2, -0.15) is 0 Å². The van der Waals surface area contributed by atoms with Gasteiger partial charge in [0, 0.05) is 6.54 Å². The first kappa shape index (κ1) is 18.3. The zero-order valence-electron chi connectivity index (χ0n) is 15.5. The second kappa shape index (κ2) is 8.76. The summed E-state index contributed by atoms with van der Waals surface area (Å²) < 4.78 is 7.86. The molecule has 2 fully saturated rings. The van der Waals surface area contributed by atoms with Crippen LogP contribution in [-0.2, 0) is 4.74 Å². The Bertz CT molecular complexity index is 568. The molecule has 7 nitrogen and oxygen atoms in total. The molecule has 140 valence electrons. The molecular weight excluding hydrogens is 318 g/mol. The highest BCUT2D eigenvalue weighted by Crippen LogP contribution is 2.26. The Morgan fingerprint density at radius 2 is 2.04 bits per heavy atom. The van der Waals surface area contributed by atoms with E-state index in [0.29, 0.717) is 36.9 Å². The highest BCUT2D eigenvalue weighted by Gasteiger charge is 2.23. The summed E-state index contributed by atoms with van der Waals surface area (Å²) in [6.07, 6.45) is 7.34. The van der Waals surface area contributed by atoms with Crippen molar-refractivity contribution >= 4 is 5.91 Å². The topological polar surface area (TPSA) is 81.1 Å². The molecule has 1 aromatic rings. The Hall–Kier alpha value is -1.47. The van der Waals surface area contributed by atoms with Crippen LogP contribution < -0.4 is 10.6 Å². The molecule has 2 N–H and O–H groups in total. The number of piperidine rings is 1. The third kappa shape index (κ3) is 4.58. The Labute approximate surface area is 149 Å². The lowest BCUT2D eigenvalue weighted by molar-refractivity contribution is -0.00295. The molecule has 0 bridgehead atoms. The Kier molecular flexibility index (Phi) is 6.42. The number of carbonyl (C=O) groups is 1. The summed E-state index contributed by atoms with van der Waals surface area (Å²) in [6.45, 7) is 7.23. The van der Waals surface area contributed by atoms with Gasteiger partial charge in [0.25, 0.3) is 5.91 Å². The number of ether oxygens (including phenoxy) is 1. The number of nitrogens with zero attached hydrogens (tertiary/aromatic N) is 3. The fraction of sp³-hybridized carbons (Fsp3) is 0.833. The lowest BCUT2D eigenvalue weighted by Crippen LogP contribution is -2.32. The van der Waals surface area contributed by atoms with Crippen molar-refractivity contribution in [1.29, 1.82) is 0 Å². The predicted molar refractivity (Wildman–Crippen MR) is 95.6 cm³/mol. The van der Waals surface area contributed by atoms with Gasteiger partial charge in [0.15, 0.2) is 5.69 Å². The van der Waals surface area contributed by atoms with Crippen LogP contribution in [0.5, 0.6) is 0 Å². The predicted octanol–water partition coefficient (Wildman–Crippen LogP) is 1.84. The molecule has 1 amide bonds. The van der Waals surface area contributed by atoms with Crippen LogP contribution in [0, 0.1) is 12.8 Å². The molecule has 0 spiro atoms. The lowest BCUT2D eigenvalue weighted by atomic mass is 9.88. The van der Waals surface area contributed by atoms with Crippen LogP contribution in [0.1, 0.15) is 67.7 Å². The van der Waals surface area contributed by atoms with Crippen LogP contribution in [0.15, 0.2) is 0 Å². The zero-order valence-corrected chi connectivity index (χ0v) is 15.5. The molecule has 2 heterocycles.